The largest absolute Gasteiger partial charge is 0.496 e. The van der Waals surface area contributed by atoms with Gasteiger partial charge in [0, 0.05) is 44.0 Å². The van der Waals surface area contributed by atoms with Crippen LogP contribution in [-0.4, -0.2) is 54.6 Å². The second-order valence-electron chi connectivity index (χ2n) is 8.32. The normalized spacial score (nSPS) is 29.7. The number of nitrogens with zero attached hydrogens (tertiary/aromatic N) is 3. The van der Waals surface area contributed by atoms with Crippen molar-refractivity contribution in [3.8, 4) is 17.0 Å². The van der Waals surface area contributed by atoms with Crippen LogP contribution in [0.3, 0.4) is 0 Å². The van der Waals surface area contributed by atoms with Gasteiger partial charge in [-0.3, -0.25) is 4.79 Å². The van der Waals surface area contributed by atoms with Crippen LogP contribution in [0.2, 0.25) is 0 Å². The molecule has 7 heteroatoms. The first-order chi connectivity index (χ1) is 14.1. The summed E-state index contributed by atoms with van der Waals surface area (Å²) < 4.78 is 11.9. The fraction of sp³-hybridized carbons (Fsp3) is 0.500. The van der Waals surface area contributed by atoms with Crippen LogP contribution in [0.4, 0.5) is 5.82 Å². The van der Waals surface area contributed by atoms with Crippen LogP contribution < -0.4 is 15.0 Å². The molecule has 0 unspecified atom stereocenters. The smallest absolute Gasteiger partial charge is 0.216 e. The van der Waals surface area contributed by atoms with Crippen molar-refractivity contribution < 1.29 is 14.3 Å². The molecule has 4 atom stereocenters. The highest BCUT2D eigenvalue weighted by atomic mass is 16.5. The SMILES string of the molecule is COc1ccccc1-c1ccc(N2C[C@@H]3[C@H](CNC(C)=O)[C@H]4CC[C@]3(C2)O4)nn1. The van der Waals surface area contributed by atoms with E-state index in [2.05, 4.69) is 20.4 Å². The molecule has 1 spiro atoms. The quantitative estimate of drug-likeness (QED) is 0.838. The number of ether oxygens (including phenoxy) is 2. The number of amides is 1. The maximum atomic E-state index is 11.4. The van der Waals surface area contributed by atoms with Crippen molar-refractivity contribution in [2.75, 3.05) is 31.6 Å². The fourth-order valence-corrected chi connectivity index (χ4v) is 5.39. The number of nitrogens with one attached hydrogen (secondary N) is 1. The van der Waals surface area contributed by atoms with Gasteiger partial charge in [-0.25, -0.2) is 0 Å². The van der Waals surface area contributed by atoms with Crippen molar-refractivity contribution in [3.05, 3.63) is 36.4 Å². The minimum absolute atomic E-state index is 0.0227. The third kappa shape index (κ3) is 3.04. The van der Waals surface area contributed by atoms with E-state index in [0.29, 0.717) is 18.4 Å². The Labute approximate surface area is 170 Å². The number of para-hydroxylation sites is 1. The number of hydrogen-bond donors (Lipinski definition) is 1. The van der Waals surface area contributed by atoms with Gasteiger partial charge in [0.25, 0.3) is 0 Å². The first kappa shape index (κ1) is 18.4. The average molecular weight is 394 g/mol. The van der Waals surface area contributed by atoms with Gasteiger partial charge in [-0.2, -0.15) is 0 Å². The summed E-state index contributed by atoms with van der Waals surface area (Å²) in [6, 6.07) is 11.9. The molecule has 7 nitrogen and oxygen atoms in total. The molecule has 29 heavy (non-hydrogen) atoms. The lowest BCUT2D eigenvalue weighted by Gasteiger charge is -2.29. The standard InChI is InChI=1S/C22H26N4O3/c1-14(27)23-11-16-17-12-26(13-22(17)10-9-20(16)29-22)21-8-7-18(24-25-21)15-5-3-4-6-19(15)28-2/h3-8,16-17,20H,9-13H2,1-2H3,(H,23,27)/t16-,17+,20+,22+/m0/s1. The number of benzene rings is 1. The Kier molecular flexibility index (Phi) is 4.42. The lowest BCUT2D eigenvalue weighted by molar-refractivity contribution is -0.119. The molecule has 2 bridgehead atoms. The summed E-state index contributed by atoms with van der Waals surface area (Å²) in [5.41, 5.74) is 1.63. The first-order valence-electron chi connectivity index (χ1n) is 10.2. The van der Waals surface area contributed by atoms with E-state index in [1.807, 2.05) is 36.4 Å². The van der Waals surface area contributed by atoms with Gasteiger partial charge in [-0.15, -0.1) is 10.2 Å². The van der Waals surface area contributed by atoms with Gasteiger partial charge >= 0.3 is 0 Å². The molecule has 1 aromatic carbocycles. The number of carbonyl (C=O) groups is 1. The zero-order valence-electron chi connectivity index (χ0n) is 16.8. The Balaban J connectivity index is 1.35. The van der Waals surface area contributed by atoms with Crippen LogP contribution in [0.1, 0.15) is 19.8 Å². The number of fused-ring (bicyclic) bond motifs is 1. The third-order valence-electron chi connectivity index (χ3n) is 6.73. The maximum absolute atomic E-state index is 11.4. The fourth-order valence-electron chi connectivity index (χ4n) is 5.39. The predicted molar refractivity (Wildman–Crippen MR) is 109 cm³/mol. The lowest BCUT2D eigenvalue weighted by atomic mass is 9.73. The number of aromatic nitrogens is 2. The van der Waals surface area contributed by atoms with E-state index in [9.17, 15) is 4.79 Å². The summed E-state index contributed by atoms with van der Waals surface area (Å²) in [6.07, 6.45) is 2.43. The Bertz CT molecular complexity index is 919. The van der Waals surface area contributed by atoms with Crippen molar-refractivity contribution in [3.63, 3.8) is 0 Å². The molecule has 152 valence electrons. The van der Waals surface area contributed by atoms with Gasteiger partial charge in [0.2, 0.25) is 5.91 Å². The van der Waals surface area contributed by atoms with Gasteiger partial charge in [0.15, 0.2) is 5.82 Å². The van der Waals surface area contributed by atoms with Crippen molar-refractivity contribution in [2.45, 2.75) is 31.5 Å². The van der Waals surface area contributed by atoms with Gasteiger partial charge in [0.05, 0.1) is 24.5 Å². The summed E-state index contributed by atoms with van der Waals surface area (Å²) in [5.74, 6) is 2.48. The molecule has 5 rings (SSSR count). The van der Waals surface area contributed by atoms with Gasteiger partial charge < -0.3 is 19.7 Å². The van der Waals surface area contributed by atoms with Crippen LogP contribution >= 0.6 is 0 Å². The molecule has 3 aliphatic heterocycles. The molecule has 0 aliphatic carbocycles. The zero-order chi connectivity index (χ0) is 20.0. The Morgan fingerprint density at radius 2 is 2.17 bits per heavy atom. The number of carbonyl (C=O) groups excluding carboxylic acids is 1. The van der Waals surface area contributed by atoms with Gasteiger partial charge in [-0.05, 0) is 37.1 Å². The predicted octanol–water partition coefficient (Wildman–Crippen LogP) is 2.27. The summed E-state index contributed by atoms with van der Waals surface area (Å²) in [4.78, 5) is 13.7. The molecule has 3 aliphatic rings. The molecule has 4 heterocycles. The van der Waals surface area contributed by atoms with Gasteiger partial charge in [0.1, 0.15) is 5.75 Å². The van der Waals surface area contributed by atoms with E-state index in [1.54, 1.807) is 14.0 Å². The number of anilines is 1. The lowest BCUT2D eigenvalue weighted by Crippen LogP contribution is -2.41. The zero-order valence-corrected chi connectivity index (χ0v) is 16.8. The first-order valence-corrected chi connectivity index (χ1v) is 10.2. The van der Waals surface area contributed by atoms with Crippen LogP contribution in [-0.2, 0) is 9.53 Å². The molecule has 1 amide bonds. The van der Waals surface area contributed by atoms with Crippen molar-refractivity contribution >= 4 is 11.7 Å². The highest BCUT2D eigenvalue weighted by Crippen LogP contribution is 2.55. The molecule has 2 aromatic rings. The summed E-state index contributed by atoms with van der Waals surface area (Å²) in [6.45, 7) is 4.00. The Morgan fingerprint density at radius 1 is 1.31 bits per heavy atom. The van der Waals surface area contributed by atoms with Crippen LogP contribution in [0.15, 0.2) is 36.4 Å². The average Bonchev–Trinajstić information content (AvgIpc) is 3.41. The highest BCUT2D eigenvalue weighted by Gasteiger charge is 2.63. The van der Waals surface area contributed by atoms with E-state index in [-0.39, 0.29) is 17.6 Å². The minimum atomic E-state index is -0.100. The maximum Gasteiger partial charge on any atom is 0.216 e. The van der Waals surface area contributed by atoms with Crippen molar-refractivity contribution in [1.29, 1.82) is 0 Å². The van der Waals surface area contributed by atoms with Crippen molar-refractivity contribution in [2.24, 2.45) is 11.8 Å². The number of rotatable bonds is 5. The molecule has 1 N–H and O–H groups in total. The van der Waals surface area contributed by atoms with Crippen LogP contribution in [0.25, 0.3) is 11.3 Å². The molecule has 0 radical (unpaired) electrons. The van der Waals surface area contributed by atoms with E-state index in [0.717, 1.165) is 48.8 Å². The molecule has 0 saturated carbocycles. The van der Waals surface area contributed by atoms with Gasteiger partial charge in [-0.1, -0.05) is 12.1 Å². The van der Waals surface area contributed by atoms with Crippen molar-refractivity contribution in [1.82, 2.24) is 15.5 Å². The van der Waals surface area contributed by atoms with E-state index >= 15 is 0 Å². The van der Waals surface area contributed by atoms with E-state index in [1.165, 1.54) is 0 Å². The van der Waals surface area contributed by atoms with E-state index in [4.69, 9.17) is 9.47 Å². The molecule has 1 aromatic heterocycles. The summed E-state index contributed by atoms with van der Waals surface area (Å²) >= 11 is 0. The number of hydrogen-bond acceptors (Lipinski definition) is 6. The number of methoxy groups -OCH3 is 1. The second kappa shape index (κ2) is 6.99. The molecule has 3 saturated heterocycles. The minimum Gasteiger partial charge on any atom is -0.496 e. The van der Waals surface area contributed by atoms with Crippen LogP contribution in [0.5, 0.6) is 5.75 Å². The summed E-state index contributed by atoms with van der Waals surface area (Å²) in [7, 11) is 1.66. The second-order valence-corrected chi connectivity index (χ2v) is 8.32. The Hall–Kier alpha value is -2.67. The molecular weight excluding hydrogens is 368 g/mol. The monoisotopic (exact) mass is 394 g/mol. The molecular formula is C22H26N4O3. The van der Waals surface area contributed by atoms with E-state index < -0.39 is 0 Å². The summed E-state index contributed by atoms with van der Waals surface area (Å²) in [5, 5.41) is 12.0. The molecule has 3 fully saturated rings. The van der Waals surface area contributed by atoms with Crippen LogP contribution in [0, 0.1) is 11.8 Å². The highest BCUT2D eigenvalue weighted by molar-refractivity contribution is 5.72. The third-order valence-corrected chi connectivity index (χ3v) is 6.73. The topological polar surface area (TPSA) is 76.6 Å². The Morgan fingerprint density at radius 3 is 2.93 bits per heavy atom.